The van der Waals surface area contributed by atoms with E-state index in [1.54, 1.807) is 0 Å². The first-order chi connectivity index (χ1) is 22.5. The third-order valence-corrected chi connectivity index (χ3v) is 9.88. The summed E-state index contributed by atoms with van der Waals surface area (Å²) in [5, 5.41) is 0. The van der Waals surface area contributed by atoms with Crippen molar-refractivity contribution in [1.82, 2.24) is 0 Å². The van der Waals surface area contributed by atoms with E-state index in [0.29, 0.717) is 0 Å². The van der Waals surface area contributed by atoms with Crippen LogP contribution in [-0.2, 0) is 25.7 Å². The Hall–Kier alpha value is -4.24. The first-order valence-corrected chi connectivity index (χ1v) is 17.7. The van der Waals surface area contributed by atoms with Gasteiger partial charge < -0.3 is 9.80 Å². The Morgan fingerprint density at radius 1 is 0.435 bits per heavy atom. The molecule has 0 spiro atoms. The second kappa shape index (κ2) is 12.9. The van der Waals surface area contributed by atoms with Gasteiger partial charge in [0, 0.05) is 34.1 Å². The zero-order valence-electron chi connectivity index (χ0n) is 28.4. The Morgan fingerprint density at radius 3 is 1.20 bits per heavy atom. The van der Waals surface area contributed by atoms with Gasteiger partial charge in [-0.15, -0.1) is 0 Å². The number of rotatable bonds is 10. The molecule has 5 aromatic rings. The molecule has 0 amide bonds. The predicted octanol–water partition coefficient (Wildman–Crippen LogP) is 9.89. The smallest absolute Gasteiger partial charge is 0.252 e. The van der Waals surface area contributed by atoms with Crippen LogP contribution in [0.5, 0.6) is 0 Å². The predicted molar refractivity (Wildman–Crippen MR) is 201 cm³/mol. The number of aryl methyl sites for hydroxylation is 5. The molecule has 2 aliphatic heterocycles. The molecule has 3 heteroatoms. The lowest BCUT2D eigenvalue weighted by molar-refractivity contribution is 0.921. The summed E-state index contributed by atoms with van der Waals surface area (Å²) in [6, 6.07) is 38.1. The number of benzene rings is 5. The average Bonchev–Trinajstić information content (AvgIpc) is 3.06. The van der Waals surface area contributed by atoms with Gasteiger partial charge in [0.2, 0.25) is 0 Å². The molecular weight excluding hydrogens is 555 g/mol. The van der Waals surface area contributed by atoms with E-state index in [4.69, 9.17) is 0 Å². The molecule has 46 heavy (non-hydrogen) atoms. The summed E-state index contributed by atoms with van der Waals surface area (Å²) in [5.41, 5.74) is 18.9. The van der Waals surface area contributed by atoms with E-state index in [0.717, 1.165) is 51.4 Å². The molecule has 0 bridgehead atoms. The molecule has 232 valence electrons. The number of hydrogen-bond acceptors (Lipinski definition) is 2. The highest BCUT2D eigenvalue weighted by Crippen LogP contribution is 2.44. The Kier molecular flexibility index (Phi) is 8.51. The topological polar surface area (TPSA) is 6.48 Å². The number of anilines is 6. The summed E-state index contributed by atoms with van der Waals surface area (Å²) in [6.45, 7) is 11.5. The van der Waals surface area contributed by atoms with Crippen LogP contribution in [0.25, 0.3) is 0 Å². The Labute approximate surface area is 277 Å². The summed E-state index contributed by atoms with van der Waals surface area (Å²) < 4.78 is 0. The molecule has 0 fully saturated rings. The second-order valence-corrected chi connectivity index (χ2v) is 13.4. The molecule has 0 N–H and O–H groups in total. The highest BCUT2D eigenvalue weighted by molar-refractivity contribution is 7.00. The van der Waals surface area contributed by atoms with Gasteiger partial charge in [0.15, 0.2) is 0 Å². The number of nitrogens with zero attached hydrogens (tertiary/aromatic N) is 2. The van der Waals surface area contributed by atoms with E-state index >= 15 is 0 Å². The van der Waals surface area contributed by atoms with Gasteiger partial charge >= 0.3 is 0 Å². The fraction of sp³-hybridized carbons (Fsp3) is 0.302. The average molecular weight is 603 g/mol. The number of hydrogen-bond donors (Lipinski definition) is 0. The Bertz CT molecular complexity index is 1720. The van der Waals surface area contributed by atoms with Gasteiger partial charge in [0.05, 0.1) is 0 Å². The second-order valence-electron chi connectivity index (χ2n) is 13.4. The molecular formula is C43H47BN2. The van der Waals surface area contributed by atoms with Gasteiger partial charge in [0.25, 0.3) is 6.71 Å². The van der Waals surface area contributed by atoms with Crippen molar-refractivity contribution in [1.29, 1.82) is 0 Å². The molecule has 7 rings (SSSR count). The van der Waals surface area contributed by atoms with Crippen LogP contribution in [0.1, 0.15) is 81.2 Å². The van der Waals surface area contributed by atoms with Crippen LogP contribution in [-0.4, -0.2) is 6.71 Å². The van der Waals surface area contributed by atoms with Gasteiger partial charge in [-0.1, -0.05) is 102 Å². The molecule has 0 saturated heterocycles. The van der Waals surface area contributed by atoms with Gasteiger partial charge in [-0.2, -0.15) is 0 Å². The summed E-state index contributed by atoms with van der Waals surface area (Å²) in [5.74, 6) is 0. The number of fused-ring (bicyclic) bond motifs is 4. The molecule has 0 saturated carbocycles. The van der Waals surface area contributed by atoms with Crippen LogP contribution in [0.4, 0.5) is 34.1 Å². The van der Waals surface area contributed by atoms with Crippen LogP contribution in [0, 0.1) is 6.92 Å². The lowest BCUT2D eigenvalue weighted by atomic mass is 9.33. The van der Waals surface area contributed by atoms with Crippen molar-refractivity contribution in [3.8, 4) is 0 Å². The summed E-state index contributed by atoms with van der Waals surface area (Å²) in [4.78, 5) is 5.10. The van der Waals surface area contributed by atoms with Gasteiger partial charge in [-0.25, -0.2) is 0 Å². The van der Waals surface area contributed by atoms with Crippen molar-refractivity contribution in [2.75, 3.05) is 9.80 Å². The van der Waals surface area contributed by atoms with E-state index in [1.165, 1.54) is 78.3 Å². The standard InChI is InChI=1S/C43H47BN2/c1-6-10-31-14-20-35(21-15-31)45-39-24-18-33(12-8-3)28-37(39)44-38-29-34(13-9-4)19-25-40(38)46(36-22-16-32(11-7-2)17-23-36)42-27-30(5)26-41(45)43(42)44/h14-29H,6-13H2,1-5H3. The largest absolute Gasteiger partial charge is 0.311 e. The van der Waals surface area contributed by atoms with Crippen molar-refractivity contribution >= 4 is 57.2 Å². The highest BCUT2D eigenvalue weighted by Gasteiger charge is 2.43. The zero-order chi connectivity index (χ0) is 31.8. The molecule has 0 radical (unpaired) electrons. The molecule has 2 heterocycles. The van der Waals surface area contributed by atoms with Crippen molar-refractivity contribution in [2.45, 2.75) is 86.0 Å². The van der Waals surface area contributed by atoms with Gasteiger partial charge in [-0.3, -0.25) is 0 Å². The molecule has 0 aromatic heterocycles. The minimum absolute atomic E-state index is 0.176. The maximum absolute atomic E-state index is 2.55. The van der Waals surface area contributed by atoms with Crippen molar-refractivity contribution < 1.29 is 0 Å². The van der Waals surface area contributed by atoms with Crippen LogP contribution < -0.4 is 26.2 Å². The van der Waals surface area contributed by atoms with E-state index in [9.17, 15) is 0 Å². The Balaban J connectivity index is 1.52. The van der Waals surface area contributed by atoms with Crippen LogP contribution in [0.2, 0.25) is 0 Å². The van der Waals surface area contributed by atoms with Crippen LogP contribution in [0.15, 0.2) is 97.1 Å². The third kappa shape index (κ3) is 5.34. The fourth-order valence-corrected chi connectivity index (χ4v) is 7.89. The van der Waals surface area contributed by atoms with E-state index in [-0.39, 0.29) is 6.71 Å². The molecule has 5 aromatic carbocycles. The highest BCUT2D eigenvalue weighted by atomic mass is 15.2. The SMILES string of the molecule is CCCc1ccc(N2c3ccc(CCC)cc3B3c4cc(CCC)ccc4N(c4ccc(CCC)cc4)c4cc(C)cc2c43)cc1. The third-order valence-electron chi connectivity index (χ3n) is 9.88. The minimum Gasteiger partial charge on any atom is -0.311 e. The zero-order valence-corrected chi connectivity index (χ0v) is 28.4. The quantitative estimate of drug-likeness (QED) is 0.144. The van der Waals surface area contributed by atoms with Crippen molar-refractivity contribution in [3.63, 3.8) is 0 Å². The summed E-state index contributed by atoms with van der Waals surface area (Å²) >= 11 is 0. The molecule has 0 atom stereocenters. The van der Waals surface area contributed by atoms with E-state index in [1.807, 2.05) is 0 Å². The maximum atomic E-state index is 2.55. The van der Waals surface area contributed by atoms with E-state index in [2.05, 4.69) is 141 Å². The van der Waals surface area contributed by atoms with Crippen molar-refractivity contribution in [2.24, 2.45) is 0 Å². The van der Waals surface area contributed by atoms with Gasteiger partial charge in [0.1, 0.15) is 0 Å². The monoisotopic (exact) mass is 602 g/mol. The molecule has 0 aliphatic carbocycles. The normalized spacial score (nSPS) is 13.0. The summed E-state index contributed by atoms with van der Waals surface area (Å²) in [6.07, 6.45) is 9.03. The maximum Gasteiger partial charge on any atom is 0.252 e. The lowest BCUT2D eigenvalue weighted by Gasteiger charge is -2.44. The van der Waals surface area contributed by atoms with E-state index < -0.39 is 0 Å². The van der Waals surface area contributed by atoms with Gasteiger partial charge in [-0.05, 0) is 125 Å². The Morgan fingerprint density at radius 2 is 0.804 bits per heavy atom. The minimum atomic E-state index is 0.176. The molecule has 0 unspecified atom stereocenters. The first kappa shape index (κ1) is 30.4. The molecule has 2 aliphatic rings. The lowest BCUT2D eigenvalue weighted by Crippen LogP contribution is -2.61. The molecule has 2 nitrogen and oxygen atoms in total. The van der Waals surface area contributed by atoms with Crippen LogP contribution in [0.3, 0.4) is 0 Å². The first-order valence-electron chi connectivity index (χ1n) is 17.7. The summed E-state index contributed by atoms with van der Waals surface area (Å²) in [7, 11) is 0. The fourth-order valence-electron chi connectivity index (χ4n) is 7.89. The van der Waals surface area contributed by atoms with Crippen molar-refractivity contribution in [3.05, 3.63) is 125 Å². The van der Waals surface area contributed by atoms with Crippen LogP contribution >= 0.6 is 0 Å².